The molecule has 0 saturated carbocycles. The number of rotatable bonds is 4. The first-order chi connectivity index (χ1) is 14.7. The second-order valence-corrected chi connectivity index (χ2v) is 7.70. The van der Waals surface area contributed by atoms with Crippen LogP contribution < -0.4 is 19.1 Å². The van der Waals surface area contributed by atoms with E-state index in [0.29, 0.717) is 25.5 Å². The van der Waals surface area contributed by atoms with E-state index in [1.54, 1.807) is 4.90 Å². The molecule has 1 fully saturated rings. The van der Waals surface area contributed by atoms with E-state index in [4.69, 9.17) is 14.2 Å². The van der Waals surface area contributed by atoms with Crippen LogP contribution in [-0.2, 0) is 9.59 Å². The average molecular weight is 408 g/mol. The van der Waals surface area contributed by atoms with Crippen molar-refractivity contribution in [2.45, 2.75) is 25.3 Å². The lowest BCUT2D eigenvalue weighted by molar-refractivity contribution is -0.132. The third-order valence-corrected chi connectivity index (χ3v) is 5.88. The van der Waals surface area contributed by atoms with Gasteiger partial charge < -0.3 is 24.0 Å². The number of carbonyl (C=O) groups excluding carboxylic acids is 2. The fraction of sp³-hybridized carbons (Fsp3) is 0.391. The lowest BCUT2D eigenvalue weighted by Gasteiger charge is -2.31. The van der Waals surface area contributed by atoms with Gasteiger partial charge in [-0.1, -0.05) is 18.2 Å². The number of benzene rings is 2. The van der Waals surface area contributed by atoms with Gasteiger partial charge in [-0.15, -0.1) is 0 Å². The summed E-state index contributed by atoms with van der Waals surface area (Å²) in [6.45, 7) is 2.19. The van der Waals surface area contributed by atoms with E-state index in [0.717, 1.165) is 42.1 Å². The van der Waals surface area contributed by atoms with Crippen LogP contribution in [0.2, 0.25) is 0 Å². The summed E-state index contributed by atoms with van der Waals surface area (Å²) in [5, 5.41) is 0. The highest BCUT2D eigenvalue weighted by Crippen LogP contribution is 2.38. The van der Waals surface area contributed by atoms with Crippen molar-refractivity contribution in [3.8, 4) is 17.2 Å². The first-order valence-corrected chi connectivity index (χ1v) is 10.4. The fourth-order valence-corrected chi connectivity index (χ4v) is 4.43. The molecule has 0 spiro atoms. The van der Waals surface area contributed by atoms with Crippen LogP contribution in [0.3, 0.4) is 0 Å². The molecule has 1 saturated heterocycles. The van der Waals surface area contributed by atoms with E-state index in [1.807, 2.05) is 47.4 Å². The summed E-state index contributed by atoms with van der Waals surface area (Å²) in [4.78, 5) is 29.0. The van der Waals surface area contributed by atoms with Crippen molar-refractivity contribution in [3.05, 3.63) is 48.0 Å². The number of fused-ring (bicyclic) bond motifs is 2. The van der Waals surface area contributed by atoms with Crippen LogP contribution in [0.15, 0.2) is 42.5 Å². The molecule has 156 valence electrons. The smallest absolute Gasteiger partial charge is 0.265 e. The summed E-state index contributed by atoms with van der Waals surface area (Å²) in [6, 6.07) is 13.4. The summed E-state index contributed by atoms with van der Waals surface area (Å²) in [6.07, 6.45) is 2.16. The Kier molecular flexibility index (Phi) is 4.94. The third kappa shape index (κ3) is 3.44. The molecule has 7 heteroatoms. The molecule has 30 heavy (non-hydrogen) atoms. The Morgan fingerprint density at radius 3 is 2.73 bits per heavy atom. The molecule has 2 aromatic rings. The molecule has 0 radical (unpaired) electrons. The van der Waals surface area contributed by atoms with Crippen molar-refractivity contribution < 1.29 is 23.8 Å². The molecule has 3 heterocycles. The Morgan fingerprint density at radius 1 is 1.00 bits per heavy atom. The van der Waals surface area contributed by atoms with Crippen LogP contribution in [0.4, 0.5) is 5.69 Å². The quantitative estimate of drug-likeness (QED) is 0.778. The largest absolute Gasteiger partial charge is 0.486 e. The van der Waals surface area contributed by atoms with Gasteiger partial charge in [0.05, 0.1) is 11.7 Å². The number of hydrogen-bond acceptors (Lipinski definition) is 5. The molecule has 2 amide bonds. The number of hydrogen-bond donors (Lipinski definition) is 0. The van der Waals surface area contributed by atoms with Gasteiger partial charge in [-0.2, -0.15) is 0 Å². The molecule has 0 aliphatic carbocycles. The summed E-state index contributed by atoms with van der Waals surface area (Å²) in [5.41, 5.74) is 1.80. The lowest BCUT2D eigenvalue weighted by Crippen LogP contribution is -2.41. The molecule has 3 aliphatic rings. The Balaban J connectivity index is 1.29. The average Bonchev–Trinajstić information content (AvgIpc) is 3.28. The van der Waals surface area contributed by atoms with Gasteiger partial charge in [0.1, 0.15) is 19.0 Å². The molecular formula is C23H24N2O5. The van der Waals surface area contributed by atoms with Gasteiger partial charge in [-0.05, 0) is 42.7 Å². The van der Waals surface area contributed by atoms with Crippen LogP contribution >= 0.6 is 0 Å². The molecule has 7 nitrogen and oxygen atoms in total. The first-order valence-electron chi connectivity index (χ1n) is 10.4. The van der Waals surface area contributed by atoms with Crippen LogP contribution in [0.5, 0.6) is 17.2 Å². The van der Waals surface area contributed by atoms with E-state index in [2.05, 4.69) is 0 Å². The van der Waals surface area contributed by atoms with Gasteiger partial charge in [0.2, 0.25) is 5.91 Å². The second-order valence-electron chi connectivity index (χ2n) is 7.70. The second kappa shape index (κ2) is 7.89. The van der Waals surface area contributed by atoms with Crippen LogP contribution in [0.25, 0.3) is 0 Å². The monoisotopic (exact) mass is 408 g/mol. The van der Waals surface area contributed by atoms with Gasteiger partial charge in [-0.25, -0.2) is 0 Å². The number of nitrogens with zero attached hydrogens (tertiary/aromatic N) is 2. The predicted octanol–water partition coefficient (Wildman–Crippen LogP) is 2.94. The fourth-order valence-electron chi connectivity index (χ4n) is 4.43. The summed E-state index contributed by atoms with van der Waals surface area (Å²) in [7, 11) is 0. The highest BCUT2D eigenvalue weighted by molar-refractivity contribution is 5.98. The molecule has 0 N–H and O–H groups in total. The van der Waals surface area contributed by atoms with Gasteiger partial charge in [0.25, 0.3) is 5.91 Å². The normalized spacial score (nSPS) is 20.0. The zero-order valence-electron chi connectivity index (χ0n) is 16.7. The van der Waals surface area contributed by atoms with Crippen molar-refractivity contribution in [3.63, 3.8) is 0 Å². The van der Waals surface area contributed by atoms with Crippen molar-refractivity contribution in [1.82, 2.24) is 4.90 Å². The summed E-state index contributed by atoms with van der Waals surface area (Å²) in [5.74, 6) is 2.12. The first kappa shape index (κ1) is 18.8. The summed E-state index contributed by atoms with van der Waals surface area (Å²) >= 11 is 0. The molecule has 0 unspecified atom stereocenters. The number of amides is 2. The maximum absolute atomic E-state index is 13.1. The Bertz CT molecular complexity index is 976. The Morgan fingerprint density at radius 2 is 1.83 bits per heavy atom. The number of anilines is 1. The maximum Gasteiger partial charge on any atom is 0.265 e. The minimum absolute atomic E-state index is 0.00867. The van der Waals surface area contributed by atoms with E-state index < -0.39 is 0 Å². The van der Waals surface area contributed by atoms with Crippen LogP contribution in [-0.4, -0.2) is 49.6 Å². The highest BCUT2D eigenvalue weighted by Gasteiger charge is 2.32. The lowest BCUT2D eigenvalue weighted by atomic mass is 10.0. The van der Waals surface area contributed by atoms with Gasteiger partial charge >= 0.3 is 0 Å². The van der Waals surface area contributed by atoms with Crippen LogP contribution in [0.1, 0.15) is 30.9 Å². The van der Waals surface area contributed by atoms with E-state index in [1.165, 1.54) is 0 Å². The van der Waals surface area contributed by atoms with Crippen molar-refractivity contribution in [2.75, 3.05) is 37.8 Å². The Hall–Kier alpha value is -3.22. The van der Waals surface area contributed by atoms with Crippen molar-refractivity contribution >= 4 is 17.5 Å². The molecular weight excluding hydrogens is 384 g/mol. The number of carbonyl (C=O) groups is 2. The van der Waals surface area contributed by atoms with E-state index in [9.17, 15) is 9.59 Å². The van der Waals surface area contributed by atoms with Gasteiger partial charge in [-0.3, -0.25) is 9.59 Å². The molecule has 5 rings (SSSR count). The van der Waals surface area contributed by atoms with Crippen LogP contribution in [0, 0.1) is 0 Å². The maximum atomic E-state index is 13.1. The number of ether oxygens (including phenoxy) is 3. The third-order valence-electron chi connectivity index (χ3n) is 5.88. The summed E-state index contributed by atoms with van der Waals surface area (Å²) < 4.78 is 16.8. The number of likely N-dealkylation sites (tertiary alicyclic amines) is 1. The standard InChI is InChI=1S/C23H24N2O5/c26-22(9-11-25-18-4-1-2-6-19(18)30-15-23(25)27)24-10-3-5-17(24)16-7-8-20-21(14-16)29-13-12-28-20/h1-2,4,6-8,14,17H,3,5,9-13,15H2/t17-/m1/s1. The zero-order chi connectivity index (χ0) is 20.5. The van der Waals surface area contributed by atoms with Gasteiger partial charge in [0.15, 0.2) is 18.1 Å². The zero-order valence-corrected chi connectivity index (χ0v) is 16.7. The number of para-hydroxylation sites is 2. The van der Waals surface area contributed by atoms with Gasteiger partial charge in [0, 0.05) is 19.5 Å². The molecule has 0 aromatic heterocycles. The minimum atomic E-state index is -0.119. The minimum Gasteiger partial charge on any atom is -0.486 e. The molecule has 3 aliphatic heterocycles. The van der Waals surface area contributed by atoms with Crippen molar-refractivity contribution in [1.29, 1.82) is 0 Å². The van der Waals surface area contributed by atoms with E-state index >= 15 is 0 Å². The Labute approximate surface area is 175 Å². The topological polar surface area (TPSA) is 68.3 Å². The highest BCUT2D eigenvalue weighted by atomic mass is 16.6. The predicted molar refractivity (Wildman–Crippen MR) is 110 cm³/mol. The van der Waals surface area contributed by atoms with Crippen molar-refractivity contribution in [2.24, 2.45) is 0 Å². The van der Waals surface area contributed by atoms with E-state index in [-0.39, 0.29) is 30.9 Å². The molecule has 0 bridgehead atoms. The molecule has 1 atom stereocenters. The molecule has 2 aromatic carbocycles. The SMILES string of the molecule is O=C1COc2ccccc2N1CCC(=O)N1CCC[C@@H]1c1ccc2c(c1)OCCO2.